The molecule has 0 radical (unpaired) electrons. The van der Waals surface area contributed by atoms with E-state index < -0.39 is 12.0 Å². The van der Waals surface area contributed by atoms with Crippen LogP contribution in [0.15, 0.2) is 48.5 Å². The molecule has 2 aromatic carbocycles. The van der Waals surface area contributed by atoms with E-state index in [1.165, 1.54) is 12.7 Å². The lowest BCUT2D eigenvalue weighted by atomic mass is 10.1. The van der Waals surface area contributed by atoms with Gasteiger partial charge in [0.15, 0.2) is 6.73 Å². The van der Waals surface area contributed by atoms with Gasteiger partial charge in [-0.3, -0.25) is 0 Å². The number of carbonyl (C=O) groups is 2. The maximum Gasteiger partial charge on any atom is 0.337 e. The molecule has 0 aromatic heterocycles. The van der Waals surface area contributed by atoms with Crippen LogP contribution in [0, 0.1) is 0 Å². The molecule has 2 N–H and O–H groups in total. The van der Waals surface area contributed by atoms with Crippen LogP contribution in [-0.2, 0) is 11.2 Å². The van der Waals surface area contributed by atoms with Gasteiger partial charge >= 0.3 is 12.0 Å². The van der Waals surface area contributed by atoms with Crippen molar-refractivity contribution in [1.82, 2.24) is 5.32 Å². The van der Waals surface area contributed by atoms with Crippen LogP contribution in [0.2, 0.25) is 0 Å². The van der Waals surface area contributed by atoms with Crippen molar-refractivity contribution >= 4 is 17.7 Å². The van der Waals surface area contributed by atoms with Gasteiger partial charge in [-0.05, 0) is 48.4 Å². The second-order valence-corrected chi connectivity index (χ2v) is 5.38. The molecule has 0 saturated heterocycles. The Kier molecular flexibility index (Phi) is 6.83. The van der Waals surface area contributed by atoms with E-state index in [1.807, 2.05) is 24.3 Å². The van der Waals surface area contributed by atoms with Crippen LogP contribution in [0.5, 0.6) is 5.75 Å². The fraction of sp³-hybridized carbons (Fsp3) is 0.263. The first-order chi connectivity index (χ1) is 12.1. The predicted octanol–water partition coefficient (Wildman–Crippen LogP) is 3.58. The fourth-order valence-electron chi connectivity index (χ4n) is 2.21. The molecule has 0 unspecified atom stereocenters. The van der Waals surface area contributed by atoms with Crippen LogP contribution >= 0.6 is 0 Å². The Morgan fingerprint density at radius 2 is 1.68 bits per heavy atom. The maximum atomic E-state index is 11.8. The number of nitrogens with one attached hydrogen (secondary N) is 2. The highest BCUT2D eigenvalue weighted by molar-refractivity contribution is 5.92. The van der Waals surface area contributed by atoms with Gasteiger partial charge in [0, 0.05) is 5.69 Å². The zero-order chi connectivity index (χ0) is 18.1. The summed E-state index contributed by atoms with van der Waals surface area (Å²) in [5, 5.41) is 5.26. The molecule has 0 bridgehead atoms. The van der Waals surface area contributed by atoms with Gasteiger partial charge in [-0.2, -0.15) is 0 Å². The topological polar surface area (TPSA) is 76.7 Å². The van der Waals surface area contributed by atoms with E-state index in [9.17, 15) is 9.59 Å². The first-order valence-corrected chi connectivity index (χ1v) is 8.07. The van der Waals surface area contributed by atoms with Crippen LogP contribution in [0.25, 0.3) is 0 Å². The molecular formula is C19H22N2O4. The number of anilines is 1. The Morgan fingerprint density at radius 1 is 1.00 bits per heavy atom. The molecule has 0 aliphatic rings. The molecule has 0 fully saturated rings. The highest BCUT2D eigenvalue weighted by atomic mass is 16.5. The van der Waals surface area contributed by atoms with Crippen LogP contribution < -0.4 is 15.4 Å². The number of amides is 2. The van der Waals surface area contributed by atoms with Crippen LogP contribution in [0.1, 0.15) is 29.3 Å². The summed E-state index contributed by atoms with van der Waals surface area (Å²) in [4.78, 5) is 23.2. The van der Waals surface area contributed by atoms with E-state index in [-0.39, 0.29) is 6.73 Å². The van der Waals surface area contributed by atoms with Gasteiger partial charge in [-0.1, -0.05) is 25.5 Å². The van der Waals surface area contributed by atoms with Gasteiger partial charge in [-0.25, -0.2) is 9.59 Å². The third-order valence-electron chi connectivity index (χ3n) is 3.50. The van der Waals surface area contributed by atoms with Gasteiger partial charge in [0.05, 0.1) is 12.7 Å². The van der Waals surface area contributed by atoms with Gasteiger partial charge < -0.3 is 20.1 Å². The average molecular weight is 342 g/mol. The standard InChI is InChI=1S/C19H22N2O4/c1-3-4-14-5-11-17(12-6-14)25-13-20-19(23)21-16-9-7-15(8-10-16)18(22)24-2/h5-12H,3-4,13H2,1-2H3,(H2,20,21,23). The third-order valence-corrected chi connectivity index (χ3v) is 3.50. The van der Waals surface area contributed by atoms with E-state index >= 15 is 0 Å². The van der Waals surface area contributed by atoms with Crippen molar-refractivity contribution < 1.29 is 19.1 Å². The SMILES string of the molecule is CCCc1ccc(OCNC(=O)Nc2ccc(C(=O)OC)cc2)cc1. The molecule has 25 heavy (non-hydrogen) atoms. The molecule has 0 saturated carbocycles. The number of urea groups is 1. The number of hydrogen-bond donors (Lipinski definition) is 2. The van der Waals surface area contributed by atoms with Crippen molar-refractivity contribution in [3.63, 3.8) is 0 Å². The fourth-order valence-corrected chi connectivity index (χ4v) is 2.21. The molecule has 0 aliphatic heterocycles. The number of ether oxygens (including phenoxy) is 2. The molecule has 0 spiro atoms. The summed E-state index contributed by atoms with van der Waals surface area (Å²) in [6.07, 6.45) is 2.14. The monoisotopic (exact) mass is 342 g/mol. The minimum Gasteiger partial charge on any atom is -0.473 e. The van der Waals surface area contributed by atoms with E-state index in [4.69, 9.17) is 4.74 Å². The second-order valence-electron chi connectivity index (χ2n) is 5.38. The Morgan fingerprint density at radius 3 is 2.28 bits per heavy atom. The summed E-state index contributed by atoms with van der Waals surface area (Å²) < 4.78 is 10.1. The van der Waals surface area contributed by atoms with Gasteiger partial charge in [-0.15, -0.1) is 0 Å². The molecule has 6 heteroatoms. The highest BCUT2D eigenvalue weighted by Crippen LogP contribution is 2.13. The number of methoxy groups -OCH3 is 1. The second kappa shape index (κ2) is 9.32. The van der Waals surface area contributed by atoms with E-state index in [0.717, 1.165) is 12.8 Å². The lowest BCUT2D eigenvalue weighted by Gasteiger charge is -2.10. The smallest absolute Gasteiger partial charge is 0.337 e. The van der Waals surface area contributed by atoms with Crippen molar-refractivity contribution in [2.45, 2.75) is 19.8 Å². The van der Waals surface area contributed by atoms with Gasteiger partial charge in [0.2, 0.25) is 0 Å². The van der Waals surface area contributed by atoms with Crippen molar-refractivity contribution in [2.24, 2.45) is 0 Å². The van der Waals surface area contributed by atoms with Crippen molar-refractivity contribution in [3.8, 4) is 5.75 Å². The molecule has 0 heterocycles. The lowest BCUT2D eigenvalue weighted by Crippen LogP contribution is -2.32. The first kappa shape index (κ1) is 18.3. The molecule has 2 amide bonds. The Bertz CT molecular complexity index is 696. The zero-order valence-corrected chi connectivity index (χ0v) is 14.4. The summed E-state index contributed by atoms with van der Waals surface area (Å²) in [5.41, 5.74) is 2.24. The number of benzene rings is 2. The predicted molar refractivity (Wildman–Crippen MR) is 95.9 cm³/mol. The maximum absolute atomic E-state index is 11.8. The van der Waals surface area contributed by atoms with Crippen molar-refractivity contribution in [2.75, 3.05) is 19.2 Å². The van der Waals surface area contributed by atoms with Crippen LogP contribution in [0.4, 0.5) is 10.5 Å². The minimum atomic E-state index is -0.422. The Hall–Kier alpha value is -3.02. The van der Waals surface area contributed by atoms with Crippen LogP contribution in [-0.4, -0.2) is 25.8 Å². The first-order valence-electron chi connectivity index (χ1n) is 8.07. The summed E-state index contributed by atoms with van der Waals surface area (Å²) in [7, 11) is 1.32. The summed E-state index contributed by atoms with van der Waals surface area (Å²) in [5.74, 6) is 0.275. The Balaban J connectivity index is 1.75. The van der Waals surface area contributed by atoms with E-state index in [0.29, 0.717) is 17.0 Å². The van der Waals surface area contributed by atoms with Crippen molar-refractivity contribution in [3.05, 3.63) is 59.7 Å². The highest BCUT2D eigenvalue weighted by Gasteiger charge is 2.06. The average Bonchev–Trinajstić information content (AvgIpc) is 2.63. The zero-order valence-electron chi connectivity index (χ0n) is 14.4. The number of hydrogen-bond acceptors (Lipinski definition) is 4. The van der Waals surface area contributed by atoms with Crippen LogP contribution in [0.3, 0.4) is 0 Å². The van der Waals surface area contributed by atoms with Gasteiger partial charge in [0.1, 0.15) is 5.75 Å². The number of carbonyl (C=O) groups excluding carboxylic acids is 2. The Labute approximate surface area is 147 Å². The van der Waals surface area contributed by atoms with Gasteiger partial charge in [0.25, 0.3) is 0 Å². The van der Waals surface area contributed by atoms with Crippen molar-refractivity contribution in [1.29, 1.82) is 0 Å². The lowest BCUT2D eigenvalue weighted by molar-refractivity contribution is 0.0600. The summed E-state index contributed by atoms with van der Waals surface area (Å²) >= 11 is 0. The minimum absolute atomic E-state index is 0.0548. The molecule has 6 nitrogen and oxygen atoms in total. The molecule has 132 valence electrons. The molecule has 0 atom stereocenters. The quantitative estimate of drug-likeness (QED) is 0.595. The number of rotatable bonds is 7. The summed E-state index contributed by atoms with van der Waals surface area (Å²) in [6, 6.07) is 13.8. The van der Waals surface area contributed by atoms with E-state index in [1.54, 1.807) is 24.3 Å². The normalized spacial score (nSPS) is 10.0. The number of esters is 1. The molecule has 2 rings (SSSR count). The number of aryl methyl sites for hydroxylation is 1. The largest absolute Gasteiger partial charge is 0.473 e. The molecule has 2 aromatic rings. The van der Waals surface area contributed by atoms with E-state index in [2.05, 4.69) is 22.3 Å². The molecule has 0 aliphatic carbocycles. The third kappa shape index (κ3) is 5.84. The molecular weight excluding hydrogens is 320 g/mol. The summed E-state index contributed by atoms with van der Waals surface area (Å²) in [6.45, 7) is 2.19.